The van der Waals surface area contributed by atoms with E-state index in [2.05, 4.69) is 5.32 Å². The van der Waals surface area contributed by atoms with Gasteiger partial charge in [-0.15, -0.1) is 0 Å². The Balaban J connectivity index is 1.72. The van der Waals surface area contributed by atoms with Crippen molar-refractivity contribution >= 4 is 33.2 Å². The zero-order valence-corrected chi connectivity index (χ0v) is 21.0. The van der Waals surface area contributed by atoms with Crippen molar-refractivity contribution in [2.75, 3.05) is 24.8 Å². The molecule has 34 heavy (non-hydrogen) atoms. The summed E-state index contributed by atoms with van der Waals surface area (Å²) in [5.41, 5.74) is 2.54. The minimum absolute atomic E-state index is 0.114. The first-order valence-electron chi connectivity index (χ1n) is 10.5. The highest BCUT2D eigenvalue weighted by Crippen LogP contribution is 2.30. The number of hydrogen-bond donors (Lipinski definition) is 1. The highest BCUT2D eigenvalue weighted by atomic mass is 35.5. The molecule has 0 aliphatic heterocycles. The van der Waals surface area contributed by atoms with E-state index in [0.717, 1.165) is 17.4 Å². The molecule has 1 unspecified atom stereocenters. The van der Waals surface area contributed by atoms with E-state index in [1.807, 2.05) is 19.1 Å². The van der Waals surface area contributed by atoms with Crippen molar-refractivity contribution in [1.82, 2.24) is 5.32 Å². The fraction of sp³-hybridized carbons (Fsp3) is 0.240. The van der Waals surface area contributed by atoms with Crippen LogP contribution in [0.5, 0.6) is 11.5 Å². The number of benzene rings is 3. The molecule has 0 saturated heterocycles. The van der Waals surface area contributed by atoms with Crippen molar-refractivity contribution in [2.24, 2.45) is 0 Å². The molecule has 9 heteroatoms. The fourth-order valence-corrected chi connectivity index (χ4v) is 4.51. The van der Waals surface area contributed by atoms with Crippen molar-refractivity contribution < 1.29 is 22.7 Å². The molecule has 1 atom stereocenters. The lowest BCUT2D eigenvalue weighted by atomic mass is 10.1. The lowest BCUT2D eigenvalue weighted by molar-refractivity contribution is 0.0940. The SMILES string of the molecule is COc1ccc(C(C)NC(=O)c2ccc(CN(c3cccc(Cl)c3)S(C)(=O)=O)cc2)cc1OC. The number of anilines is 1. The van der Waals surface area contributed by atoms with Gasteiger partial charge in [0.15, 0.2) is 11.5 Å². The molecular formula is C25H27ClN2O5S. The quantitative estimate of drug-likeness (QED) is 0.453. The smallest absolute Gasteiger partial charge is 0.251 e. The van der Waals surface area contributed by atoms with Gasteiger partial charge in [-0.1, -0.05) is 35.9 Å². The van der Waals surface area contributed by atoms with Gasteiger partial charge in [-0.25, -0.2) is 8.42 Å². The fourth-order valence-electron chi connectivity index (χ4n) is 3.44. The summed E-state index contributed by atoms with van der Waals surface area (Å²) in [4.78, 5) is 12.8. The average molecular weight is 503 g/mol. The summed E-state index contributed by atoms with van der Waals surface area (Å²) in [6.07, 6.45) is 1.14. The number of ether oxygens (including phenoxy) is 2. The van der Waals surface area contributed by atoms with E-state index >= 15 is 0 Å². The zero-order valence-electron chi connectivity index (χ0n) is 19.4. The number of amides is 1. The van der Waals surface area contributed by atoms with Crippen LogP contribution in [0.1, 0.15) is 34.5 Å². The van der Waals surface area contributed by atoms with Crippen LogP contribution in [0.2, 0.25) is 5.02 Å². The van der Waals surface area contributed by atoms with E-state index in [1.165, 1.54) is 4.31 Å². The summed E-state index contributed by atoms with van der Waals surface area (Å²) < 4.78 is 36.6. The van der Waals surface area contributed by atoms with E-state index in [1.54, 1.807) is 68.8 Å². The molecule has 0 aliphatic rings. The minimum atomic E-state index is -3.54. The van der Waals surface area contributed by atoms with Gasteiger partial charge in [0.1, 0.15) is 0 Å². The number of rotatable bonds is 9. The molecule has 3 aromatic carbocycles. The molecule has 0 aliphatic carbocycles. The number of hydrogen-bond acceptors (Lipinski definition) is 5. The predicted octanol–water partition coefficient (Wildman–Crippen LogP) is 4.81. The molecule has 1 amide bonds. The molecule has 3 rings (SSSR count). The van der Waals surface area contributed by atoms with Crippen LogP contribution in [0, 0.1) is 0 Å². The second-order valence-corrected chi connectivity index (χ2v) is 10.1. The first-order valence-corrected chi connectivity index (χ1v) is 12.7. The Morgan fingerprint density at radius 3 is 2.26 bits per heavy atom. The van der Waals surface area contributed by atoms with Gasteiger partial charge in [-0.05, 0) is 60.5 Å². The Morgan fingerprint density at radius 2 is 1.68 bits per heavy atom. The van der Waals surface area contributed by atoms with Crippen LogP contribution in [0.25, 0.3) is 0 Å². The standard InChI is InChI=1S/C25H27ClN2O5S/c1-17(20-12-13-23(32-2)24(14-20)33-3)27-25(29)19-10-8-18(9-11-19)16-28(34(4,30)31)22-7-5-6-21(26)15-22/h5-15,17H,16H2,1-4H3,(H,27,29). The summed E-state index contributed by atoms with van der Waals surface area (Å²) in [7, 11) is -0.415. The first-order chi connectivity index (χ1) is 16.1. The van der Waals surface area contributed by atoms with Crippen LogP contribution >= 0.6 is 11.6 Å². The lowest BCUT2D eigenvalue weighted by Crippen LogP contribution is -2.29. The van der Waals surface area contributed by atoms with E-state index in [0.29, 0.717) is 27.8 Å². The van der Waals surface area contributed by atoms with Crippen molar-refractivity contribution in [3.05, 3.63) is 88.4 Å². The van der Waals surface area contributed by atoms with Gasteiger partial charge >= 0.3 is 0 Å². The van der Waals surface area contributed by atoms with Gasteiger partial charge in [-0.3, -0.25) is 9.10 Å². The van der Waals surface area contributed by atoms with Crippen molar-refractivity contribution in [2.45, 2.75) is 19.5 Å². The third-order valence-electron chi connectivity index (χ3n) is 5.29. The Hall–Kier alpha value is -3.23. The molecule has 0 heterocycles. The monoisotopic (exact) mass is 502 g/mol. The summed E-state index contributed by atoms with van der Waals surface area (Å²) in [5.74, 6) is 0.950. The molecule has 0 radical (unpaired) electrons. The van der Waals surface area contributed by atoms with Crippen LogP contribution in [-0.2, 0) is 16.6 Å². The van der Waals surface area contributed by atoms with Crippen LogP contribution in [0.15, 0.2) is 66.7 Å². The molecule has 0 fully saturated rings. The number of methoxy groups -OCH3 is 2. The maximum Gasteiger partial charge on any atom is 0.251 e. The van der Waals surface area contributed by atoms with E-state index < -0.39 is 10.0 Å². The number of sulfonamides is 1. The number of nitrogens with one attached hydrogen (secondary N) is 1. The molecule has 0 spiro atoms. The molecule has 0 bridgehead atoms. The van der Waals surface area contributed by atoms with Crippen molar-refractivity contribution in [3.8, 4) is 11.5 Å². The molecule has 3 aromatic rings. The molecule has 0 aromatic heterocycles. The van der Waals surface area contributed by atoms with E-state index in [-0.39, 0.29) is 18.5 Å². The van der Waals surface area contributed by atoms with Crippen LogP contribution in [0.3, 0.4) is 0 Å². The minimum Gasteiger partial charge on any atom is -0.493 e. The Labute approximate surface area is 205 Å². The molecule has 1 N–H and O–H groups in total. The second kappa shape index (κ2) is 10.8. The van der Waals surface area contributed by atoms with Gasteiger partial charge in [0.05, 0.1) is 38.7 Å². The maximum atomic E-state index is 12.8. The molecule has 0 saturated carbocycles. The van der Waals surface area contributed by atoms with Gasteiger partial charge < -0.3 is 14.8 Å². The first kappa shape index (κ1) is 25.4. The van der Waals surface area contributed by atoms with Gasteiger partial charge in [0.2, 0.25) is 10.0 Å². The van der Waals surface area contributed by atoms with Crippen LogP contribution in [0.4, 0.5) is 5.69 Å². The number of nitrogens with zero attached hydrogens (tertiary/aromatic N) is 1. The summed E-state index contributed by atoms with van der Waals surface area (Å²) in [5, 5.41) is 3.41. The topological polar surface area (TPSA) is 84.9 Å². The molecule has 180 valence electrons. The number of carbonyl (C=O) groups is 1. The molecule has 7 nitrogen and oxygen atoms in total. The van der Waals surface area contributed by atoms with Gasteiger partial charge in [0, 0.05) is 10.6 Å². The Morgan fingerprint density at radius 1 is 1.00 bits per heavy atom. The number of halogens is 1. The summed E-state index contributed by atoms with van der Waals surface area (Å²) >= 11 is 6.04. The van der Waals surface area contributed by atoms with Crippen molar-refractivity contribution in [3.63, 3.8) is 0 Å². The summed E-state index contributed by atoms with van der Waals surface area (Å²) in [6, 6.07) is 18.7. The van der Waals surface area contributed by atoms with E-state index in [4.69, 9.17) is 21.1 Å². The zero-order chi connectivity index (χ0) is 24.9. The average Bonchev–Trinajstić information content (AvgIpc) is 2.81. The third kappa shape index (κ3) is 6.21. The van der Waals surface area contributed by atoms with Crippen LogP contribution < -0.4 is 19.1 Å². The molecular weight excluding hydrogens is 476 g/mol. The summed E-state index contributed by atoms with van der Waals surface area (Å²) in [6.45, 7) is 1.99. The maximum absolute atomic E-state index is 12.8. The lowest BCUT2D eigenvalue weighted by Gasteiger charge is -2.23. The number of carbonyl (C=O) groups excluding carboxylic acids is 1. The predicted molar refractivity (Wildman–Crippen MR) is 134 cm³/mol. The van der Waals surface area contributed by atoms with Gasteiger partial charge in [0.25, 0.3) is 5.91 Å². The largest absolute Gasteiger partial charge is 0.493 e. The van der Waals surface area contributed by atoms with Crippen molar-refractivity contribution in [1.29, 1.82) is 0 Å². The highest BCUT2D eigenvalue weighted by Gasteiger charge is 2.19. The van der Waals surface area contributed by atoms with Gasteiger partial charge in [-0.2, -0.15) is 0 Å². The Bertz CT molecular complexity index is 1260. The second-order valence-electron chi connectivity index (χ2n) is 7.76. The third-order valence-corrected chi connectivity index (χ3v) is 6.67. The van der Waals surface area contributed by atoms with E-state index in [9.17, 15) is 13.2 Å². The van der Waals surface area contributed by atoms with Crippen LogP contribution in [-0.4, -0.2) is 34.8 Å². The highest BCUT2D eigenvalue weighted by molar-refractivity contribution is 7.92. The normalized spacial score (nSPS) is 12.0. The Kier molecular flexibility index (Phi) is 8.06.